The number of rotatable bonds is 1. The molecule has 0 unspecified atom stereocenters. The molecule has 0 fully saturated rings. The highest BCUT2D eigenvalue weighted by atomic mass is 32.1. The highest BCUT2D eigenvalue weighted by Gasteiger charge is 1.40. The maximum atomic E-state index is 8.90. The molecular weight excluding hydrogens is 74.1 g/mol. The molecule has 0 heterocycles. The summed E-state index contributed by atoms with van der Waals surface area (Å²) in [4.78, 5) is 8.90. The van der Waals surface area contributed by atoms with Crippen LogP contribution < -0.4 is 0 Å². The summed E-state index contributed by atoms with van der Waals surface area (Å²) in [6, 6.07) is 0. The van der Waals surface area contributed by atoms with Gasteiger partial charge in [0.05, 0.1) is 0 Å². The maximum Gasteiger partial charge on any atom is 0.244 e. The normalized spacial score (nSPS) is 5.00. The van der Waals surface area contributed by atoms with E-state index in [4.69, 9.17) is 4.79 Å². The van der Waals surface area contributed by atoms with Crippen molar-refractivity contribution in [3.63, 3.8) is 0 Å². The van der Waals surface area contributed by atoms with E-state index in [0.29, 0.717) is 6.41 Å². The van der Waals surface area contributed by atoms with Crippen LogP contribution in [0.2, 0.25) is 0 Å². The lowest BCUT2D eigenvalue weighted by molar-refractivity contribution is -0.106. The van der Waals surface area contributed by atoms with E-state index in [-0.39, 0.29) is 0 Å². The van der Waals surface area contributed by atoms with Crippen LogP contribution in [0.25, 0.3) is 0 Å². The van der Waals surface area contributed by atoms with E-state index in [2.05, 4.69) is 16.8 Å². The smallest absolute Gasteiger partial charge is 0.244 e. The molecule has 0 aliphatic heterocycles. The minimum absolute atomic E-state index is 0.315. The third-order valence-electron chi connectivity index (χ3n) is 0.0430. The summed E-state index contributed by atoms with van der Waals surface area (Å²) in [5.41, 5.74) is 0. The lowest BCUT2D eigenvalue weighted by Crippen LogP contribution is -1.44. The van der Waals surface area contributed by atoms with Crippen LogP contribution in [0.15, 0.2) is 4.36 Å². The minimum Gasteiger partial charge on any atom is -0.275 e. The van der Waals surface area contributed by atoms with Gasteiger partial charge in [0.1, 0.15) is 0 Å². The predicted molar refractivity (Wildman–Crippen MR) is 15.9 cm³/mol. The van der Waals surface area contributed by atoms with Gasteiger partial charge in [0.25, 0.3) is 0 Å². The molecule has 3 heteroatoms. The van der Waals surface area contributed by atoms with Gasteiger partial charge in [0.2, 0.25) is 6.41 Å². The third-order valence-corrected chi connectivity index (χ3v) is 0.129. The van der Waals surface area contributed by atoms with Crippen molar-refractivity contribution in [2.75, 3.05) is 0 Å². The molecule has 0 aliphatic carbocycles. The largest absolute Gasteiger partial charge is 0.275 e. The standard InChI is InChI=1S/CHNOS/c3-1-2-4/h1H. The number of nitrogens with zero attached hydrogens (tertiary/aromatic N) is 1. The highest BCUT2D eigenvalue weighted by Crippen LogP contribution is 1.34. The maximum absolute atomic E-state index is 8.90. The van der Waals surface area contributed by atoms with E-state index in [1.54, 1.807) is 0 Å². The molecule has 0 N–H and O–H groups in total. The Morgan fingerprint density at radius 1 is 2.00 bits per heavy atom. The van der Waals surface area contributed by atoms with Gasteiger partial charge in [-0.2, -0.15) is 0 Å². The van der Waals surface area contributed by atoms with Crippen molar-refractivity contribution >= 4 is 18.8 Å². The Kier molecular flexibility index (Phi) is 2.48. The number of carbonyl (C=O) groups excluding carboxylic acids is 1. The van der Waals surface area contributed by atoms with Crippen LogP contribution in [0, 0.1) is 0 Å². The third kappa shape index (κ3) is 1.69. The molecule has 0 rings (SSSR count). The van der Waals surface area contributed by atoms with Gasteiger partial charge in [-0.3, -0.25) is 4.79 Å². The molecule has 4 heavy (non-hydrogen) atoms. The Morgan fingerprint density at radius 2 is 2.25 bits per heavy atom. The highest BCUT2D eigenvalue weighted by molar-refractivity contribution is 7.47. The van der Waals surface area contributed by atoms with E-state index >= 15 is 0 Å². The summed E-state index contributed by atoms with van der Waals surface area (Å²) >= 11 is 3.81. The molecular formula is CHNOS. The fraction of sp³-hybridized carbons (Fsp3) is 0. The van der Waals surface area contributed by atoms with Crippen molar-refractivity contribution in [1.82, 2.24) is 0 Å². The fourth-order valence-electron chi connectivity index (χ4n) is 0. The Bertz CT molecular complexity index is 29.0. The first-order chi connectivity index (χ1) is 1.91. The molecule has 0 atom stereocenters. The Hall–Kier alpha value is -0.310. The van der Waals surface area contributed by atoms with Gasteiger partial charge in [-0.1, -0.05) is 0 Å². The van der Waals surface area contributed by atoms with Crippen molar-refractivity contribution in [2.45, 2.75) is 0 Å². The fourth-order valence-corrected chi connectivity index (χ4v) is 0. The molecule has 2 nitrogen and oxygen atoms in total. The zero-order valence-corrected chi connectivity index (χ0v) is 2.66. The lowest BCUT2D eigenvalue weighted by atomic mass is 11.5. The van der Waals surface area contributed by atoms with E-state index < -0.39 is 0 Å². The lowest BCUT2D eigenvalue weighted by Gasteiger charge is -1.37. The molecule has 0 aromatic carbocycles. The molecule has 0 aromatic heterocycles. The van der Waals surface area contributed by atoms with Crippen LogP contribution in [0.4, 0.5) is 0 Å². The summed E-state index contributed by atoms with van der Waals surface area (Å²) < 4.78 is 2.64. The average Bonchev–Trinajstić information content (AvgIpc) is 1.37. The first-order valence-electron chi connectivity index (χ1n) is 0.676. The second kappa shape index (κ2) is 2.69. The van der Waals surface area contributed by atoms with E-state index in [1.165, 1.54) is 0 Å². The second-order valence-corrected chi connectivity index (χ2v) is 0.422. The van der Waals surface area contributed by atoms with Crippen LogP contribution in [-0.4, -0.2) is 6.41 Å². The van der Waals surface area contributed by atoms with E-state index in [9.17, 15) is 0 Å². The summed E-state index contributed by atoms with van der Waals surface area (Å²) in [6.07, 6.45) is 0.315. The zero-order chi connectivity index (χ0) is 3.41. The van der Waals surface area contributed by atoms with Gasteiger partial charge >= 0.3 is 0 Å². The summed E-state index contributed by atoms with van der Waals surface area (Å²) in [6.45, 7) is 0. The zero-order valence-electron chi connectivity index (χ0n) is 1.84. The molecule has 0 saturated heterocycles. The topological polar surface area (TPSA) is 29.4 Å². The monoisotopic (exact) mass is 75.0 g/mol. The van der Waals surface area contributed by atoms with Crippen molar-refractivity contribution < 1.29 is 4.79 Å². The van der Waals surface area contributed by atoms with Crippen molar-refractivity contribution in [3.05, 3.63) is 0 Å². The summed E-state index contributed by atoms with van der Waals surface area (Å²) in [5, 5.41) is 0. The first kappa shape index (κ1) is 3.69. The second-order valence-electron chi connectivity index (χ2n) is 0.211. The molecule has 0 saturated carbocycles. The van der Waals surface area contributed by atoms with E-state index in [0.717, 1.165) is 0 Å². The van der Waals surface area contributed by atoms with Crippen molar-refractivity contribution in [1.29, 1.82) is 0 Å². The Morgan fingerprint density at radius 3 is 2.25 bits per heavy atom. The van der Waals surface area contributed by atoms with E-state index in [1.807, 2.05) is 0 Å². The van der Waals surface area contributed by atoms with Gasteiger partial charge in [0, 0.05) is 12.4 Å². The number of hydrogen-bond donors (Lipinski definition) is 0. The first-order valence-corrected chi connectivity index (χ1v) is 1.04. The Balaban J connectivity index is 2.73. The molecule has 0 spiro atoms. The van der Waals surface area contributed by atoms with Crippen LogP contribution in [0.3, 0.4) is 0 Å². The predicted octanol–water partition coefficient (Wildman–Crippen LogP) is -0.127. The molecule has 0 aliphatic rings. The van der Waals surface area contributed by atoms with Crippen LogP contribution in [0.5, 0.6) is 0 Å². The van der Waals surface area contributed by atoms with Crippen molar-refractivity contribution in [2.24, 2.45) is 4.36 Å². The van der Waals surface area contributed by atoms with Gasteiger partial charge in [-0.25, -0.2) is 0 Å². The van der Waals surface area contributed by atoms with Crippen LogP contribution >= 0.6 is 0 Å². The van der Waals surface area contributed by atoms with Gasteiger partial charge in [0.15, 0.2) is 0 Å². The minimum atomic E-state index is 0.315. The molecule has 0 bridgehead atoms. The molecule has 0 radical (unpaired) electrons. The number of carbonyl (C=O) groups is 1. The summed E-state index contributed by atoms with van der Waals surface area (Å²) in [5.74, 6) is 0. The molecule has 0 aromatic rings. The number of amides is 1. The quantitative estimate of drug-likeness (QED) is 0.406. The molecule has 1 amide bonds. The molecule has 22 valence electrons. The van der Waals surface area contributed by atoms with Gasteiger partial charge < -0.3 is 0 Å². The summed E-state index contributed by atoms with van der Waals surface area (Å²) in [7, 11) is 0. The van der Waals surface area contributed by atoms with Gasteiger partial charge in [-0.15, -0.1) is 4.36 Å². The number of hydrogen-bond acceptors (Lipinski definition) is 2. The van der Waals surface area contributed by atoms with Gasteiger partial charge in [-0.05, 0) is 0 Å². The van der Waals surface area contributed by atoms with Crippen LogP contribution in [-0.2, 0) is 17.2 Å². The van der Waals surface area contributed by atoms with Crippen molar-refractivity contribution in [3.8, 4) is 0 Å². The SMILES string of the molecule is O=CN=S. The Labute approximate surface area is 29.0 Å². The average molecular weight is 75.1 g/mol. The van der Waals surface area contributed by atoms with Crippen LogP contribution in [0.1, 0.15) is 0 Å².